The highest BCUT2D eigenvalue weighted by atomic mass is 35.5. The summed E-state index contributed by atoms with van der Waals surface area (Å²) in [5, 5.41) is 6.34. The van der Waals surface area contributed by atoms with Crippen LogP contribution in [0.15, 0.2) is 54.6 Å². The molecule has 0 spiro atoms. The van der Waals surface area contributed by atoms with E-state index >= 15 is 0 Å². The van der Waals surface area contributed by atoms with Gasteiger partial charge in [-0.1, -0.05) is 29.8 Å². The fraction of sp³-hybridized carbons (Fsp3) is 0.105. The van der Waals surface area contributed by atoms with Gasteiger partial charge in [-0.15, -0.1) is 0 Å². The van der Waals surface area contributed by atoms with E-state index in [1.807, 2.05) is 18.2 Å². The van der Waals surface area contributed by atoms with Crippen molar-refractivity contribution < 1.29 is 9.18 Å². The molecule has 0 aliphatic rings. The van der Waals surface area contributed by atoms with E-state index in [0.29, 0.717) is 22.9 Å². The van der Waals surface area contributed by atoms with E-state index in [1.54, 1.807) is 31.2 Å². The summed E-state index contributed by atoms with van der Waals surface area (Å²) in [4.78, 5) is 20.9. The van der Waals surface area contributed by atoms with Crippen LogP contribution in [0.25, 0.3) is 0 Å². The van der Waals surface area contributed by atoms with Crippen LogP contribution < -0.4 is 10.6 Å². The summed E-state index contributed by atoms with van der Waals surface area (Å²) >= 11 is 6.09. The Morgan fingerprint density at radius 3 is 2.58 bits per heavy atom. The molecule has 132 valence electrons. The Morgan fingerprint density at radius 1 is 1.12 bits per heavy atom. The van der Waals surface area contributed by atoms with Crippen molar-refractivity contribution in [2.45, 2.75) is 13.5 Å². The molecule has 2 aromatic carbocycles. The van der Waals surface area contributed by atoms with Crippen molar-refractivity contribution in [1.82, 2.24) is 15.3 Å². The van der Waals surface area contributed by atoms with E-state index in [2.05, 4.69) is 20.6 Å². The van der Waals surface area contributed by atoms with Gasteiger partial charge >= 0.3 is 0 Å². The van der Waals surface area contributed by atoms with Gasteiger partial charge in [0.25, 0.3) is 5.91 Å². The van der Waals surface area contributed by atoms with Gasteiger partial charge in [-0.2, -0.15) is 0 Å². The topological polar surface area (TPSA) is 66.9 Å². The number of rotatable bonds is 5. The Hall–Kier alpha value is -2.99. The highest BCUT2D eigenvalue weighted by molar-refractivity contribution is 6.31. The first kappa shape index (κ1) is 17.8. The summed E-state index contributed by atoms with van der Waals surface area (Å²) < 4.78 is 13.0. The third-order valence-electron chi connectivity index (χ3n) is 3.58. The van der Waals surface area contributed by atoms with Crippen molar-refractivity contribution in [2.24, 2.45) is 0 Å². The van der Waals surface area contributed by atoms with Crippen LogP contribution in [0, 0.1) is 12.7 Å². The molecule has 0 saturated carbocycles. The number of anilines is 2. The second-order valence-corrected chi connectivity index (χ2v) is 6.03. The van der Waals surface area contributed by atoms with Gasteiger partial charge in [-0.3, -0.25) is 4.79 Å². The summed E-state index contributed by atoms with van der Waals surface area (Å²) in [6, 6.07) is 14.7. The van der Waals surface area contributed by atoms with Gasteiger partial charge in [0, 0.05) is 22.9 Å². The van der Waals surface area contributed by atoms with Gasteiger partial charge in [-0.25, -0.2) is 14.4 Å². The normalized spacial score (nSPS) is 10.4. The molecule has 3 rings (SSSR count). The van der Waals surface area contributed by atoms with Gasteiger partial charge in [0.2, 0.25) is 5.95 Å². The molecular weight excluding hydrogens is 355 g/mol. The average molecular weight is 371 g/mol. The average Bonchev–Trinajstić information content (AvgIpc) is 2.62. The zero-order chi connectivity index (χ0) is 18.5. The van der Waals surface area contributed by atoms with Gasteiger partial charge in [0.15, 0.2) is 0 Å². The van der Waals surface area contributed by atoms with E-state index in [0.717, 1.165) is 5.56 Å². The molecule has 0 radical (unpaired) electrons. The van der Waals surface area contributed by atoms with Crippen molar-refractivity contribution in [3.63, 3.8) is 0 Å². The van der Waals surface area contributed by atoms with Crippen LogP contribution in [0.4, 0.5) is 16.0 Å². The zero-order valence-electron chi connectivity index (χ0n) is 14.0. The number of aryl methyl sites for hydroxylation is 1. The SMILES string of the molecule is Cc1cc(C(=O)NCc2ccccc2Cl)nc(Nc2ccc(F)cc2)n1. The first-order chi connectivity index (χ1) is 12.5. The Morgan fingerprint density at radius 2 is 1.85 bits per heavy atom. The number of halogens is 2. The number of hydrogen-bond acceptors (Lipinski definition) is 4. The van der Waals surface area contributed by atoms with Crippen LogP contribution in [0.5, 0.6) is 0 Å². The number of aromatic nitrogens is 2. The molecule has 0 saturated heterocycles. The van der Waals surface area contributed by atoms with E-state index in [4.69, 9.17) is 11.6 Å². The third-order valence-corrected chi connectivity index (χ3v) is 3.95. The molecule has 0 unspecified atom stereocenters. The molecule has 0 aliphatic heterocycles. The van der Waals surface area contributed by atoms with E-state index in [1.165, 1.54) is 12.1 Å². The number of carbonyl (C=O) groups is 1. The Balaban J connectivity index is 1.73. The lowest BCUT2D eigenvalue weighted by molar-refractivity contribution is 0.0946. The minimum Gasteiger partial charge on any atom is -0.347 e. The van der Waals surface area contributed by atoms with Crippen molar-refractivity contribution in [3.05, 3.63) is 82.4 Å². The van der Waals surface area contributed by atoms with E-state index in [-0.39, 0.29) is 23.4 Å². The monoisotopic (exact) mass is 370 g/mol. The molecule has 1 heterocycles. The smallest absolute Gasteiger partial charge is 0.270 e. The van der Waals surface area contributed by atoms with Gasteiger partial charge < -0.3 is 10.6 Å². The maximum absolute atomic E-state index is 13.0. The lowest BCUT2D eigenvalue weighted by Gasteiger charge is -2.09. The van der Waals surface area contributed by atoms with Crippen LogP contribution in [-0.4, -0.2) is 15.9 Å². The Bertz CT molecular complexity index is 931. The van der Waals surface area contributed by atoms with Crippen LogP contribution in [-0.2, 0) is 6.54 Å². The summed E-state index contributed by atoms with van der Waals surface area (Å²) in [5.41, 5.74) is 2.30. The van der Waals surface area contributed by atoms with Crippen LogP contribution in [0.2, 0.25) is 5.02 Å². The predicted octanol–water partition coefficient (Wildman–Crippen LogP) is 4.25. The molecule has 7 heteroatoms. The van der Waals surface area contributed by atoms with Gasteiger partial charge in [0.1, 0.15) is 11.5 Å². The first-order valence-electron chi connectivity index (χ1n) is 7.91. The summed E-state index contributed by atoms with van der Waals surface area (Å²) in [5.74, 6) is -0.405. The summed E-state index contributed by atoms with van der Waals surface area (Å²) in [6.45, 7) is 2.06. The summed E-state index contributed by atoms with van der Waals surface area (Å²) in [7, 11) is 0. The molecule has 5 nitrogen and oxygen atoms in total. The molecule has 2 N–H and O–H groups in total. The molecule has 0 fully saturated rings. The number of amides is 1. The molecule has 0 aliphatic carbocycles. The zero-order valence-corrected chi connectivity index (χ0v) is 14.7. The fourth-order valence-corrected chi connectivity index (χ4v) is 2.51. The van der Waals surface area contributed by atoms with Crippen molar-refractivity contribution in [2.75, 3.05) is 5.32 Å². The second kappa shape index (κ2) is 7.93. The second-order valence-electron chi connectivity index (χ2n) is 5.62. The molecule has 1 aromatic heterocycles. The van der Waals surface area contributed by atoms with Crippen LogP contribution >= 0.6 is 11.6 Å². The number of carbonyl (C=O) groups excluding carboxylic acids is 1. The standard InChI is InChI=1S/C19H16ClFN4O/c1-12-10-17(18(26)22-11-13-4-2-3-5-16(13)20)25-19(23-12)24-15-8-6-14(21)7-9-15/h2-10H,11H2,1H3,(H,22,26)(H,23,24,25). The van der Waals surface area contributed by atoms with Gasteiger partial charge in [-0.05, 0) is 48.9 Å². The molecule has 0 bridgehead atoms. The lowest BCUT2D eigenvalue weighted by atomic mass is 10.2. The Labute approximate surface area is 155 Å². The maximum Gasteiger partial charge on any atom is 0.270 e. The van der Waals surface area contributed by atoms with Crippen molar-refractivity contribution in [3.8, 4) is 0 Å². The summed E-state index contributed by atoms with van der Waals surface area (Å²) in [6.07, 6.45) is 0. The van der Waals surface area contributed by atoms with Gasteiger partial charge in [0.05, 0.1) is 0 Å². The quantitative estimate of drug-likeness (QED) is 0.704. The third kappa shape index (κ3) is 4.55. The molecule has 1 amide bonds. The number of hydrogen-bond donors (Lipinski definition) is 2. The lowest BCUT2D eigenvalue weighted by Crippen LogP contribution is -2.24. The molecule has 0 atom stereocenters. The van der Waals surface area contributed by atoms with E-state index in [9.17, 15) is 9.18 Å². The largest absolute Gasteiger partial charge is 0.347 e. The van der Waals surface area contributed by atoms with Crippen LogP contribution in [0.3, 0.4) is 0 Å². The van der Waals surface area contributed by atoms with Crippen molar-refractivity contribution in [1.29, 1.82) is 0 Å². The minimum absolute atomic E-state index is 0.231. The number of benzene rings is 2. The highest BCUT2D eigenvalue weighted by Gasteiger charge is 2.11. The van der Waals surface area contributed by atoms with Crippen LogP contribution in [0.1, 0.15) is 21.7 Å². The van der Waals surface area contributed by atoms with Crippen molar-refractivity contribution >= 4 is 29.1 Å². The molecular formula is C19H16ClFN4O. The molecule has 3 aromatic rings. The highest BCUT2D eigenvalue weighted by Crippen LogP contribution is 2.16. The number of nitrogens with zero attached hydrogens (tertiary/aromatic N) is 2. The minimum atomic E-state index is -0.336. The molecule has 26 heavy (non-hydrogen) atoms. The first-order valence-corrected chi connectivity index (χ1v) is 8.29. The van der Waals surface area contributed by atoms with E-state index < -0.39 is 0 Å². The fourth-order valence-electron chi connectivity index (χ4n) is 2.31. The maximum atomic E-state index is 13.0. The predicted molar refractivity (Wildman–Crippen MR) is 99.1 cm³/mol. The Kier molecular flexibility index (Phi) is 5.43. The number of nitrogens with one attached hydrogen (secondary N) is 2.